The van der Waals surface area contributed by atoms with Crippen LogP contribution in [-0.4, -0.2) is 38.4 Å². The van der Waals surface area contributed by atoms with Crippen LogP contribution in [0.4, 0.5) is 5.69 Å². The second-order valence-corrected chi connectivity index (χ2v) is 5.20. The van der Waals surface area contributed by atoms with Crippen molar-refractivity contribution in [1.29, 1.82) is 0 Å². The van der Waals surface area contributed by atoms with Gasteiger partial charge in [-0.05, 0) is 25.1 Å². The molecule has 0 fully saturated rings. The van der Waals surface area contributed by atoms with Crippen LogP contribution in [0.2, 0.25) is 0 Å². The number of aromatic nitrogens is 3. The zero-order valence-corrected chi connectivity index (χ0v) is 13.4. The van der Waals surface area contributed by atoms with Gasteiger partial charge in [0.15, 0.2) is 17.8 Å². The van der Waals surface area contributed by atoms with E-state index in [4.69, 9.17) is 14.3 Å². The Morgan fingerprint density at radius 1 is 1.40 bits per heavy atom. The highest BCUT2D eigenvalue weighted by Crippen LogP contribution is 2.20. The molecule has 25 heavy (non-hydrogen) atoms. The van der Waals surface area contributed by atoms with Crippen molar-refractivity contribution in [3.63, 3.8) is 0 Å². The van der Waals surface area contributed by atoms with Gasteiger partial charge in [-0.15, -0.1) is 0 Å². The summed E-state index contributed by atoms with van der Waals surface area (Å²) in [5, 5.41) is 16.5. The first-order valence-corrected chi connectivity index (χ1v) is 7.57. The van der Waals surface area contributed by atoms with Gasteiger partial charge in [0.1, 0.15) is 13.2 Å². The van der Waals surface area contributed by atoms with Gasteiger partial charge in [-0.25, -0.2) is 9.78 Å². The Kier molecular flexibility index (Phi) is 4.75. The molecular formula is C16H16N4O5. The fourth-order valence-electron chi connectivity index (χ4n) is 2.38. The predicted octanol–water partition coefficient (Wildman–Crippen LogP) is 1.90. The Hall–Kier alpha value is -3.20. The molecule has 2 N–H and O–H groups in total. The summed E-state index contributed by atoms with van der Waals surface area (Å²) in [6, 6.07) is 5.46. The molecule has 0 saturated heterocycles. The maximum absolute atomic E-state index is 12.4. The monoisotopic (exact) mass is 344 g/mol. The summed E-state index contributed by atoms with van der Waals surface area (Å²) in [5.41, 5.74) is 1.55. The van der Waals surface area contributed by atoms with E-state index in [0.29, 0.717) is 5.69 Å². The number of anilines is 1. The van der Waals surface area contributed by atoms with E-state index < -0.39 is 18.5 Å². The second-order valence-electron chi connectivity index (χ2n) is 5.20. The number of rotatable bonds is 7. The number of benzene rings is 1. The van der Waals surface area contributed by atoms with Gasteiger partial charge in [-0.1, -0.05) is 0 Å². The molecular weight excluding hydrogens is 328 g/mol. The third kappa shape index (κ3) is 3.66. The minimum atomic E-state index is -1.11. The number of carboxylic acid groups (broad SMARTS) is 1. The van der Waals surface area contributed by atoms with Crippen LogP contribution >= 0.6 is 0 Å². The Morgan fingerprint density at radius 3 is 3.00 bits per heavy atom. The zero-order chi connectivity index (χ0) is 17.8. The van der Waals surface area contributed by atoms with Crippen LogP contribution < -0.4 is 5.32 Å². The Morgan fingerprint density at radius 2 is 2.24 bits per heavy atom. The van der Waals surface area contributed by atoms with E-state index in [1.807, 2.05) is 23.7 Å². The van der Waals surface area contributed by atoms with E-state index in [1.165, 1.54) is 0 Å². The zero-order valence-electron chi connectivity index (χ0n) is 13.4. The summed E-state index contributed by atoms with van der Waals surface area (Å²) < 4.78 is 11.9. The first-order chi connectivity index (χ1) is 12.1. The number of carboxylic acids is 1. The molecule has 0 aliphatic carbocycles. The highest BCUT2D eigenvalue weighted by atomic mass is 16.5. The van der Waals surface area contributed by atoms with E-state index in [0.717, 1.165) is 23.8 Å². The number of ether oxygens (including phenoxy) is 1. The van der Waals surface area contributed by atoms with E-state index >= 15 is 0 Å². The van der Waals surface area contributed by atoms with Crippen LogP contribution in [0.15, 0.2) is 35.2 Å². The smallest absolute Gasteiger partial charge is 0.329 e. The number of aliphatic carboxylic acids is 1. The lowest BCUT2D eigenvalue weighted by Crippen LogP contribution is -2.15. The number of carbonyl (C=O) groups excluding carboxylic acids is 1. The molecule has 0 spiro atoms. The van der Waals surface area contributed by atoms with E-state index in [2.05, 4.69) is 15.4 Å². The number of aryl methyl sites for hydroxylation is 1. The summed E-state index contributed by atoms with van der Waals surface area (Å²) >= 11 is 0. The topological polar surface area (TPSA) is 119 Å². The minimum Gasteiger partial charge on any atom is -0.480 e. The molecule has 0 atom stereocenters. The van der Waals surface area contributed by atoms with Crippen molar-refractivity contribution in [2.75, 3.05) is 11.9 Å². The maximum atomic E-state index is 12.4. The van der Waals surface area contributed by atoms with Crippen molar-refractivity contribution in [2.24, 2.45) is 0 Å². The number of oxazole rings is 1. The van der Waals surface area contributed by atoms with Gasteiger partial charge in [0, 0.05) is 17.6 Å². The first kappa shape index (κ1) is 16.7. The number of amides is 1. The standard InChI is InChI=1S/C16H16N4O5/c1-2-20-12-5-11(4-3-10(12)6-18-20)19-16(23)15-13(25-9-17-15)7-24-8-14(21)22/h3-6,9H,2,7-8H2,1H3,(H,19,23)(H,21,22). The van der Waals surface area contributed by atoms with Crippen molar-refractivity contribution in [1.82, 2.24) is 14.8 Å². The van der Waals surface area contributed by atoms with Crippen LogP contribution in [0, 0.1) is 0 Å². The Bertz CT molecular complexity index is 914. The van der Waals surface area contributed by atoms with Gasteiger partial charge >= 0.3 is 5.97 Å². The number of carbonyl (C=O) groups is 2. The van der Waals surface area contributed by atoms with Gasteiger partial charge in [-0.3, -0.25) is 9.48 Å². The maximum Gasteiger partial charge on any atom is 0.329 e. The third-order valence-electron chi connectivity index (χ3n) is 3.52. The first-order valence-electron chi connectivity index (χ1n) is 7.57. The minimum absolute atomic E-state index is 0.0504. The van der Waals surface area contributed by atoms with Crippen LogP contribution in [0.5, 0.6) is 0 Å². The summed E-state index contributed by atoms with van der Waals surface area (Å²) in [6.45, 7) is 2.06. The molecule has 3 aromatic rings. The van der Waals surface area contributed by atoms with Crippen molar-refractivity contribution in [3.05, 3.63) is 42.2 Å². The second kappa shape index (κ2) is 7.14. The lowest BCUT2D eigenvalue weighted by molar-refractivity contribution is -0.142. The molecule has 0 unspecified atom stereocenters. The number of fused-ring (bicyclic) bond motifs is 1. The van der Waals surface area contributed by atoms with Gasteiger partial charge in [0.05, 0.1) is 11.7 Å². The largest absolute Gasteiger partial charge is 0.480 e. The fourth-order valence-corrected chi connectivity index (χ4v) is 2.38. The van der Waals surface area contributed by atoms with Gasteiger partial charge in [0.25, 0.3) is 5.91 Å². The molecule has 2 heterocycles. The molecule has 1 amide bonds. The quantitative estimate of drug-likeness (QED) is 0.671. The number of hydrogen-bond acceptors (Lipinski definition) is 6. The van der Waals surface area contributed by atoms with Crippen LogP contribution in [0.3, 0.4) is 0 Å². The van der Waals surface area contributed by atoms with Gasteiger partial charge < -0.3 is 19.6 Å². The molecule has 1 aromatic carbocycles. The molecule has 3 rings (SSSR count). The third-order valence-corrected chi connectivity index (χ3v) is 3.52. The van der Waals surface area contributed by atoms with Crippen LogP contribution in [-0.2, 0) is 22.7 Å². The van der Waals surface area contributed by atoms with E-state index in [1.54, 1.807) is 12.3 Å². The predicted molar refractivity (Wildman–Crippen MR) is 87.2 cm³/mol. The Labute approximate surface area is 142 Å². The Balaban J connectivity index is 1.74. The normalized spacial score (nSPS) is 10.9. The molecule has 0 aliphatic rings. The number of hydrogen-bond donors (Lipinski definition) is 2. The highest BCUT2D eigenvalue weighted by Gasteiger charge is 2.18. The SMILES string of the molecule is CCn1ncc2ccc(NC(=O)c3ncoc3COCC(=O)O)cc21. The van der Waals surface area contributed by atoms with Crippen molar-refractivity contribution >= 4 is 28.5 Å². The average molecular weight is 344 g/mol. The highest BCUT2D eigenvalue weighted by molar-refractivity contribution is 6.04. The molecule has 0 aliphatic heterocycles. The summed E-state index contributed by atoms with van der Waals surface area (Å²) in [7, 11) is 0. The molecule has 130 valence electrons. The van der Waals surface area contributed by atoms with E-state index in [9.17, 15) is 9.59 Å². The van der Waals surface area contributed by atoms with E-state index in [-0.39, 0.29) is 18.1 Å². The number of nitrogens with zero attached hydrogens (tertiary/aromatic N) is 3. The molecule has 2 aromatic heterocycles. The van der Waals surface area contributed by atoms with Gasteiger partial charge in [0.2, 0.25) is 0 Å². The van der Waals surface area contributed by atoms with Crippen molar-refractivity contribution in [2.45, 2.75) is 20.1 Å². The van der Waals surface area contributed by atoms with Crippen molar-refractivity contribution < 1.29 is 23.8 Å². The van der Waals surface area contributed by atoms with Crippen molar-refractivity contribution in [3.8, 4) is 0 Å². The molecule has 0 bridgehead atoms. The number of nitrogens with one attached hydrogen (secondary N) is 1. The fraction of sp³-hybridized carbons (Fsp3) is 0.250. The molecule has 9 nitrogen and oxygen atoms in total. The molecule has 0 saturated carbocycles. The molecule has 0 radical (unpaired) electrons. The summed E-state index contributed by atoms with van der Waals surface area (Å²) in [6.07, 6.45) is 2.88. The van der Waals surface area contributed by atoms with Crippen LogP contribution in [0.1, 0.15) is 23.2 Å². The summed E-state index contributed by atoms with van der Waals surface area (Å²) in [5.74, 6) is -1.41. The molecule has 9 heteroatoms. The van der Waals surface area contributed by atoms with Crippen LogP contribution in [0.25, 0.3) is 10.9 Å². The average Bonchev–Trinajstić information content (AvgIpc) is 3.20. The summed E-state index contributed by atoms with van der Waals surface area (Å²) in [4.78, 5) is 26.7. The van der Waals surface area contributed by atoms with Gasteiger partial charge in [-0.2, -0.15) is 5.10 Å². The lowest BCUT2D eigenvalue weighted by Gasteiger charge is -2.06. The lowest BCUT2D eigenvalue weighted by atomic mass is 10.2.